The fourth-order valence-corrected chi connectivity index (χ4v) is 2.30. The smallest absolute Gasteiger partial charge is 0.169 e. The van der Waals surface area contributed by atoms with Gasteiger partial charge in [-0.2, -0.15) is 0 Å². The number of para-hydroxylation sites is 3. The van der Waals surface area contributed by atoms with Gasteiger partial charge in [-0.1, -0.05) is 44.2 Å². The Bertz CT molecular complexity index is 530. The third-order valence-electron chi connectivity index (χ3n) is 3.43. The Morgan fingerprint density at radius 2 is 1.47 bits per heavy atom. The van der Waals surface area contributed by atoms with Crippen molar-refractivity contribution >= 4 is 0 Å². The van der Waals surface area contributed by atoms with E-state index in [4.69, 9.17) is 4.74 Å². The molecule has 0 unspecified atom stereocenters. The number of hydrogen-bond acceptors (Lipinski definition) is 2. The predicted molar refractivity (Wildman–Crippen MR) is 77.9 cm³/mol. The Morgan fingerprint density at radius 1 is 0.895 bits per heavy atom. The minimum atomic E-state index is 0.168. The third kappa shape index (κ3) is 3.08. The average Bonchev–Trinajstić information content (AvgIpc) is 2.44. The van der Waals surface area contributed by atoms with Crippen molar-refractivity contribution in [2.75, 3.05) is 0 Å². The summed E-state index contributed by atoms with van der Waals surface area (Å²) in [6.07, 6.45) is 2.16. The van der Waals surface area contributed by atoms with Gasteiger partial charge in [0.25, 0.3) is 0 Å². The highest BCUT2D eigenvalue weighted by Gasteiger charge is 2.13. The van der Waals surface area contributed by atoms with Crippen LogP contribution in [0, 0.1) is 0 Å². The first-order chi connectivity index (χ1) is 9.26. The molecule has 0 aromatic heterocycles. The molecule has 2 aromatic carbocycles. The highest BCUT2D eigenvalue weighted by Crippen LogP contribution is 2.36. The van der Waals surface area contributed by atoms with Crippen LogP contribution in [0.2, 0.25) is 0 Å². The van der Waals surface area contributed by atoms with E-state index >= 15 is 0 Å². The number of ether oxygens (including phenoxy) is 1. The summed E-state index contributed by atoms with van der Waals surface area (Å²) in [7, 11) is 0. The molecule has 2 heteroatoms. The Morgan fingerprint density at radius 3 is 2.11 bits per heavy atom. The van der Waals surface area contributed by atoms with Crippen molar-refractivity contribution in [3.05, 3.63) is 54.1 Å². The van der Waals surface area contributed by atoms with Crippen molar-refractivity contribution in [1.82, 2.24) is 0 Å². The van der Waals surface area contributed by atoms with Crippen molar-refractivity contribution in [2.45, 2.75) is 32.6 Å². The van der Waals surface area contributed by atoms with Crippen LogP contribution < -0.4 is 4.74 Å². The molecule has 0 aliphatic carbocycles. The third-order valence-corrected chi connectivity index (χ3v) is 3.43. The summed E-state index contributed by atoms with van der Waals surface area (Å²) in [5, 5.41) is 9.79. The molecule has 100 valence electrons. The zero-order chi connectivity index (χ0) is 13.7. The maximum absolute atomic E-state index is 9.79. The van der Waals surface area contributed by atoms with Gasteiger partial charge in [0.05, 0.1) is 0 Å². The number of phenolic OH excluding ortho intramolecular Hbond substituents is 1. The average molecular weight is 256 g/mol. The van der Waals surface area contributed by atoms with Gasteiger partial charge in [-0.3, -0.25) is 0 Å². The van der Waals surface area contributed by atoms with E-state index in [2.05, 4.69) is 19.9 Å². The van der Waals surface area contributed by atoms with Crippen LogP contribution in [0.4, 0.5) is 0 Å². The van der Waals surface area contributed by atoms with Crippen LogP contribution in [0.1, 0.15) is 38.2 Å². The maximum atomic E-state index is 9.79. The van der Waals surface area contributed by atoms with Crippen LogP contribution in [-0.2, 0) is 0 Å². The minimum absolute atomic E-state index is 0.168. The number of benzene rings is 2. The van der Waals surface area contributed by atoms with Gasteiger partial charge in [0.2, 0.25) is 0 Å². The van der Waals surface area contributed by atoms with Crippen LogP contribution >= 0.6 is 0 Å². The zero-order valence-electron chi connectivity index (χ0n) is 11.5. The molecule has 2 aromatic rings. The van der Waals surface area contributed by atoms with Gasteiger partial charge in [0, 0.05) is 0 Å². The van der Waals surface area contributed by atoms with Crippen molar-refractivity contribution in [1.29, 1.82) is 0 Å². The summed E-state index contributed by atoms with van der Waals surface area (Å²) in [4.78, 5) is 0. The summed E-state index contributed by atoms with van der Waals surface area (Å²) in [6.45, 7) is 4.37. The molecule has 2 nitrogen and oxygen atoms in total. The molecule has 0 saturated heterocycles. The minimum Gasteiger partial charge on any atom is -0.504 e. The molecule has 0 aliphatic rings. The lowest BCUT2D eigenvalue weighted by Crippen LogP contribution is -1.98. The number of phenols is 1. The molecule has 0 fully saturated rings. The summed E-state index contributed by atoms with van der Waals surface area (Å²) < 4.78 is 5.87. The number of rotatable bonds is 5. The summed E-state index contributed by atoms with van der Waals surface area (Å²) in [5.74, 6) is 1.99. The number of aromatic hydroxyl groups is 1. The normalized spacial score (nSPS) is 10.7. The molecule has 0 atom stereocenters. The lowest BCUT2D eigenvalue weighted by atomic mass is 9.93. The Kier molecular flexibility index (Phi) is 4.45. The Labute approximate surface area is 114 Å². The van der Waals surface area contributed by atoms with Gasteiger partial charge >= 0.3 is 0 Å². The SMILES string of the molecule is CCC(CC)c1ccccc1Oc1ccccc1O. The van der Waals surface area contributed by atoms with E-state index in [1.165, 1.54) is 5.56 Å². The number of hydrogen-bond donors (Lipinski definition) is 1. The van der Waals surface area contributed by atoms with Crippen molar-refractivity contribution < 1.29 is 9.84 Å². The lowest BCUT2D eigenvalue weighted by molar-refractivity contribution is 0.406. The van der Waals surface area contributed by atoms with E-state index in [-0.39, 0.29) is 5.75 Å². The summed E-state index contributed by atoms with van der Waals surface area (Å²) in [5.41, 5.74) is 1.20. The highest BCUT2D eigenvalue weighted by atomic mass is 16.5. The van der Waals surface area contributed by atoms with E-state index in [0.29, 0.717) is 11.7 Å². The van der Waals surface area contributed by atoms with Gasteiger partial charge < -0.3 is 9.84 Å². The molecular weight excluding hydrogens is 236 g/mol. The van der Waals surface area contributed by atoms with Gasteiger partial charge in [0.1, 0.15) is 5.75 Å². The predicted octanol–water partition coefficient (Wildman–Crippen LogP) is 5.09. The van der Waals surface area contributed by atoms with Gasteiger partial charge in [-0.05, 0) is 42.5 Å². The van der Waals surface area contributed by atoms with Gasteiger partial charge in [-0.25, -0.2) is 0 Å². The van der Waals surface area contributed by atoms with Crippen LogP contribution in [0.5, 0.6) is 17.2 Å². The first-order valence-electron chi connectivity index (χ1n) is 6.81. The van der Waals surface area contributed by atoms with Crippen LogP contribution in [0.15, 0.2) is 48.5 Å². The molecule has 0 saturated carbocycles. The molecule has 0 bridgehead atoms. The van der Waals surface area contributed by atoms with Gasteiger partial charge in [-0.15, -0.1) is 0 Å². The standard InChI is InChI=1S/C17H20O2/c1-3-13(4-2)14-9-5-7-11-16(14)19-17-12-8-6-10-15(17)18/h5-13,18H,3-4H2,1-2H3. The van der Waals surface area contributed by atoms with E-state index in [9.17, 15) is 5.11 Å². The van der Waals surface area contributed by atoms with E-state index < -0.39 is 0 Å². The van der Waals surface area contributed by atoms with Crippen molar-refractivity contribution in [3.63, 3.8) is 0 Å². The first kappa shape index (κ1) is 13.5. The zero-order valence-corrected chi connectivity index (χ0v) is 11.5. The molecule has 0 spiro atoms. The van der Waals surface area contributed by atoms with E-state index in [0.717, 1.165) is 18.6 Å². The van der Waals surface area contributed by atoms with E-state index in [1.54, 1.807) is 18.2 Å². The molecule has 0 amide bonds. The fraction of sp³-hybridized carbons (Fsp3) is 0.294. The summed E-state index contributed by atoms with van der Waals surface area (Å²) >= 11 is 0. The molecule has 0 heterocycles. The molecular formula is C17H20O2. The van der Waals surface area contributed by atoms with Crippen molar-refractivity contribution in [2.24, 2.45) is 0 Å². The molecule has 0 aliphatic heterocycles. The van der Waals surface area contributed by atoms with Crippen LogP contribution in [0.25, 0.3) is 0 Å². The second-order valence-electron chi connectivity index (χ2n) is 4.62. The van der Waals surface area contributed by atoms with Gasteiger partial charge in [0.15, 0.2) is 11.5 Å². The van der Waals surface area contributed by atoms with Crippen LogP contribution in [0.3, 0.4) is 0 Å². The van der Waals surface area contributed by atoms with E-state index in [1.807, 2.05) is 24.3 Å². The second-order valence-corrected chi connectivity index (χ2v) is 4.62. The van der Waals surface area contributed by atoms with Crippen LogP contribution in [-0.4, -0.2) is 5.11 Å². The quantitative estimate of drug-likeness (QED) is 0.807. The molecule has 2 rings (SSSR count). The Balaban J connectivity index is 2.33. The molecule has 0 radical (unpaired) electrons. The van der Waals surface area contributed by atoms with Crippen molar-refractivity contribution in [3.8, 4) is 17.2 Å². The topological polar surface area (TPSA) is 29.5 Å². The first-order valence-corrected chi connectivity index (χ1v) is 6.81. The second kappa shape index (κ2) is 6.28. The largest absolute Gasteiger partial charge is 0.504 e. The highest BCUT2D eigenvalue weighted by molar-refractivity contribution is 5.44. The lowest BCUT2D eigenvalue weighted by Gasteiger charge is -2.18. The maximum Gasteiger partial charge on any atom is 0.169 e. The fourth-order valence-electron chi connectivity index (χ4n) is 2.30. The monoisotopic (exact) mass is 256 g/mol. The molecule has 1 N–H and O–H groups in total. The summed E-state index contributed by atoms with van der Waals surface area (Å²) in [6, 6.07) is 15.1. The Hall–Kier alpha value is -1.96. The molecule has 19 heavy (non-hydrogen) atoms.